The Hall–Kier alpha value is -2.23. The van der Waals surface area contributed by atoms with Crippen LogP contribution in [0.25, 0.3) is 0 Å². The van der Waals surface area contributed by atoms with Crippen LogP contribution in [0.2, 0.25) is 0 Å². The highest BCUT2D eigenvalue weighted by atomic mass is 16.5. The van der Waals surface area contributed by atoms with Gasteiger partial charge in [-0.15, -0.1) is 0 Å². The lowest BCUT2D eigenvalue weighted by Crippen LogP contribution is -2.35. The third-order valence-corrected chi connectivity index (χ3v) is 4.53. The lowest BCUT2D eigenvalue weighted by atomic mass is 9.96. The van der Waals surface area contributed by atoms with Crippen LogP contribution in [0.3, 0.4) is 0 Å². The normalized spacial score (nSPS) is 16.8. The molecule has 3 rings (SSSR count). The summed E-state index contributed by atoms with van der Waals surface area (Å²) in [5.41, 5.74) is 4.08. The largest absolute Gasteiger partial charge is 0.493 e. The summed E-state index contributed by atoms with van der Waals surface area (Å²) in [5, 5.41) is 3.05. The molecule has 1 amide bonds. The van der Waals surface area contributed by atoms with E-state index >= 15 is 0 Å². The Morgan fingerprint density at radius 3 is 2.86 bits per heavy atom. The number of nitrogens with zero attached hydrogens (tertiary/aromatic N) is 1. The van der Waals surface area contributed by atoms with Crippen molar-refractivity contribution in [1.29, 1.82) is 0 Å². The van der Waals surface area contributed by atoms with Gasteiger partial charge in [-0.3, -0.25) is 4.79 Å². The minimum absolute atomic E-state index is 0.0000543. The van der Waals surface area contributed by atoms with Gasteiger partial charge in [0.25, 0.3) is 5.91 Å². The molecule has 0 radical (unpaired) electrons. The van der Waals surface area contributed by atoms with Crippen molar-refractivity contribution in [1.82, 2.24) is 9.88 Å². The number of ether oxygens (including phenoxy) is 1. The summed E-state index contributed by atoms with van der Waals surface area (Å²) in [4.78, 5) is 12.4. The lowest BCUT2D eigenvalue weighted by molar-refractivity contribution is 0.0938. The maximum absolute atomic E-state index is 12.4. The molecule has 0 spiro atoms. The summed E-state index contributed by atoms with van der Waals surface area (Å²) in [7, 11) is 1.98. The van der Waals surface area contributed by atoms with Crippen molar-refractivity contribution in [3.63, 3.8) is 0 Å². The van der Waals surface area contributed by atoms with Crippen molar-refractivity contribution in [3.05, 3.63) is 52.8 Å². The van der Waals surface area contributed by atoms with E-state index in [1.54, 1.807) is 0 Å². The number of aryl methyl sites for hydroxylation is 1. The molecule has 1 aromatic carbocycles. The number of nitrogens with one attached hydrogen (secondary N) is 1. The Morgan fingerprint density at radius 2 is 2.14 bits per heavy atom. The van der Waals surface area contributed by atoms with Gasteiger partial charge in [-0.2, -0.15) is 0 Å². The molecule has 0 fully saturated rings. The Labute approximate surface area is 131 Å². The van der Waals surface area contributed by atoms with E-state index in [0.717, 1.165) is 29.1 Å². The molecule has 1 N–H and O–H groups in total. The second-order valence-corrected chi connectivity index (χ2v) is 6.04. The van der Waals surface area contributed by atoms with Gasteiger partial charge in [0.2, 0.25) is 0 Å². The number of amides is 1. The molecule has 0 saturated heterocycles. The number of aromatic nitrogens is 1. The Morgan fingerprint density at radius 1 is 1.36 bits per heavy atom. The van der Waals surface area contributed by atoms with Gasteiger partial charge in [0.05, 0.1) is 12.2 Å². The van der Waals surface area contributed by atoms with Crippen LogP contribution >= 0.6 is 0 Å². The van der Waals surface area contributed by atoms with Gasteiger partial charge < -0.3 is 14.6 Å². The molecule has 0 aliphatic carbocycles. The van der Waals surface area contributed by atoms with Gasteiger partial charge in [0.15, 0.2) is 0 Å². The minimum Gasteiger partial charge on any atom is -0.493 e. The van der Waals surface area contributed by atoms with Crippen LogP contribution < -0.4 is 10.1 Å². The van der Waals surface area contributed by atoms with Crippen LogP contribution in [-0.4, -0.2) is 23.6 Å². The first-order valence-corrected chi connectivity index (χ1v) is 7.68. The first kappa shape index (κ1) is 14.7. The lowest BCUT2D eigenvalue weighted by Gasteiger charge is -2.25. The van der Waals surface area contributed by atoms with E-state index in [1.165, 1.54) is 5.56 Å². The van der Waals surface area contributed by atoms with Crippen LogP contribution in [0.1, 0.15) is 27.3 Å². The quantitative estimate of drug-likeness (QED) is 0.946. The van der Waals surface area contributed by atoms with Gasteiger partial charge in [0, 0.05) is 30.9 Å². The number of benzene rings is 1. The van der Waals surface area contributed by atoms with Gasteiger partial charge in [0.1, 0.15) is 5.75 Å². The van der Waals surface area contributed by atoms with Crippen molar-refractivity contribution in [3.8, 4) is 5.75 Å². The fourth-order valence-corrected chi connectivity index (χ4v) is 2.94. The Bertz CT molecular complexity index is 703. The van der Waals surface area contributed by atoms with Crippen LogP contribution in [0.15, 0.2) is 30.3 Å². The molecular formula is C18H22N2O2. The van der Waals surface area contributed by atoms with Crippen LogP contribution in [-0.2, 0) is 13.5 Å². The highest BCUT2D eigenvalue weighted by molar-refractivity contribution is 5.95. The zero-order valence-corrected chi connectivity index (χ0v) is 13.3. The monoisotopic (exact) mass is 298 g/mol. The molecule has 22 heavy (non-hydrogen) atoms. The van der Waals surface area contributed by atoms with Gasteiger partial charge in [-0.1, -0.05) is 18.2 Å². The second-order valence-electron chi connectivity index (χ2n) is 6.04. The molecule has 1 aromatic heterocycles. The zero-order chi connectivity index (χ0) is 15.7. The molecular weight excluding hydrogens is 276 g/mol. The topological polar surface area (TPSA) is 43.3 Å². The number of hydrogen-bond acceptors (Lipinski definition) is 2. The molecule has 1 atom stereocenters. The fourth-order valence-electron chi connectivity index (χ4n) is 2.94. The maximum Gasteiger partial charge on any atom is 0.253 e. The molecule has 116 valence electrons. The third-order valence-electron chi connectivity index (χ3n) is 4.53. The molecule has 1 aliphatic rings. The van der Waals surface area contributed by atoms with Gasteiger partial charge in [-0.05, 0) is 38.0 Å². The van der Waals surface area contributed by atoms with E-state index in [9.17, 15) is 4.79 Å². The predicted octanol–water partition coefficient (Wildman–Crippen LogP) is 2.62. The van der Waals surface area contributed by atoms with Crippen molar-refractivity contribution in [2.75, 3.05) is 13.2 Å². The SMILES string of the molecule is Cc1cc(C(=O)NC[C@H]2COc3ccccc3C2)c(C)n1C. The molecule has 0 unspecified atom stereocenters. The average molecular weight is 298 g/mol. The summed E-state index contributed by atoms with van der Waals surface area (Å²) < 4.78 is 7.80. The highest BCUT2D eigenvalue weighted by Crippen LogP contribution is 2.26. The molecule has 0 bridgehead atoms. The number of fused-ring (bicyclic) bond motifs is 1. The minimum atomic E-state index is 0.0000543. The first-order valence-electron chi connectivity index (χ1n) is 7.68. The van der Waals surface area contributed by atoms with E-state index < -0.39 is 0 Å². The fraction of sp³-hybridized carbons (Fsp3) is 0.389. The molecule has 4 heteroatoms. The highest BCUT2D eigenvalue weighted by Gasteiger charge is 2.21. The van der Waals surface area contributed by atoms with Crippen LogP contribution in [0.4, 0.5) is 0 Å². The number of hydrogen-bond donors (Lipinski definition) is 1. The third kappa shape index (κ3) is 2.73. The van der Waals surface area contributed by atoms with Crippen molar-refractivity contribution in [2.24, 2.45) is 13.0 Å². The summed E-state index contributed by atoms with van der Waals surface area (Å²) in [6.45, 7) is 5.28. The summed E-state index contributed by atoms with van der Waals surface area (Å²) in [5.74, 6) is 1.30. The molecule has 4 nitrogen and oxygen atoms in total. The summed E-state index contributed by atoms with van der Waals surface area (Å²) in [6.07, 6.45) is 0.948. The number of rotatable bonds is 3. The predicted molar refractivity (Wildman–Crippen MR) is 86.4 cm³/mol. The van der Waals surface area contributed by atoms with E-state index in [4.69, 9.17) is 4.74 Å². The zero-order valence-electron chi connectivity index (χ0n) is 13.3. The maximum atomic E-state index is 12.4. The van der Waals surface area contributed by atoms with E-state index in [2.05, 4.69) is 11.4 Å². The Kier molecular flexibility index (Phi) is 3.92. The van der Waals surface area contributed by atoms with Crippen LogP contribution in [0.5, 0.6) is 5.75 Å². The summed E-state index contributed by atoms with van der Waals surface area (Å²) in [6, 6.07) is 10.0. The van der Waals surface area contributed by atoms with E-state index in [-0.39, 0.29) is 5.91 Å². The summed E-state index contributed by atoms with van der Waals surface area (Å²) >= 11 is 0. The Balaban J connectivity index is 1.61. The number of para-hydroxylation sites is 1. The number of carbonyl (C=O) groups is 1. The van der Waals surface area contributed by atoms with E-state index in [1.807, 2.05) is 49.7 Å². The van der Waals surface area contributed by atoms with Crippen LogP contribution in [0, 0.1) is 19.8 Å². The van der Waals surface area contributed by atoms with E-state index in [0.29, 0.717) is 19.1 Å². The van der Waals surface area contributed by atoms with Gasteiger partial charge in [-0.25, -0.2) is 0 Å². The van der Waals surface area contributed by atoms with Crippen molar-refractivity contribution >= 4 is 5.91 Å². The average Bonchev–Trinajstić information content (AvgIpc) is 2.80. The standard InChI is InChI=1S/C18H22N2O2/c1-12-8-16(13(2)20(12)3)18(21)19-10-14-9-15-6-4-5-7-17(15)22-11-14/h4-8,14H,9-11H2,1-3H3,(H,19,21)/t14-/m0/s1. The van der Waals surface area contributed by atoms with Crippen molar-refractivity contribution < 1.29 is 9.53 Å². The second kappa shape index (κ2) is 5.87. The first-order chi connectivity index (χ1) is 10.6. The molecule has 0 saturated carbocycles. The molecule has 2 heterocycles. The van der Waals surface area contributed by atoms with Crippen molar-refractivity contribution in [2.45, 2.75) is 20.3 Å². The van der Waals surface area contributed by atoms with Gasteiger partial charge >= 0.3 is 0 Å². The number of carbonyl (C=O) groups excluding carboxylic acids is 1. The smallest absolute Gasteiger partial charge is 0.253 e. The molecule has 1 aliphatic heterocycles. The molecule has 2 aromatic rings.